The summed E-state index contributed by atoms with van der Waals surface area (Å²) in [5, 5.41) is 6.03. The number of carbonyl (C=O) groups is 1. The summed E-state index contributed by atoms with van der Waals surface area (Å²) >= 11 is 0. The fraction of sp³-hybridized carbons (Fsp3) is 0.400. The fourth-order valence-corrected chi connectivity index (χ4v) is 2.74. The second kappa shape index (κ2) is 6.14. The van der Waals surface area contributed by atoms with Crippen molar-refractivity contribution in [2.45, 2.75) is 32.0 Å². The molecule has 0 radical (unpaired) electrons. The number of nitrogens with one attached hydrogen (secondary N) is 1. The predicted molar refractivity (Wildman–Crippen MR) is 78.2 cm³/mol. The lowest BCUT2D eigenvalue weighted by molar-refractivity contribution is -0.136. The van der Waals surface area contributed by atoms with Crippen LogP contribution in [0.2, 0.25) is 0 Å². The minimum Gasteiger partial charge on any atom is -0.337 e. The van der Waals surface area contributed by atoms with Crippen LogP contribution < -0.4 is 5.32 Å². The first-order valence-corrected chi connectivity index (χ1v) is 7.40. The summed E-state index contributed by atoms with van der Waals surface area (Å²) in [6.07, 6.45) is -3.21. The summed E-state index contributed by atoms with van der Waals surface area (Å²) < 4.78 is 44.2. The van der Waals surface area contributed by atoms with Crippen molar-refractivity contribution in [1.82, 2.24) is 15.0 Å². The minimum atomic E-state index is -4.54. The van der Waals surface area contributed by atoms with Gasteiger partial charge in [-0.05, 0) is 31.9 Å². The third kappa shape index (κ3) is 3.19. The number of nitrogens with zero attached hydrogens (tertiary/aromatic N) is 3. The SMILES string of the molecule is Cc1noc([C@@H]2CCCN2C(=O)Nc2ccccc2C(F)(F)F)n1. The first-order valence-electron chi connectivity index (χ1n) is 7.40. The van der Waals surface area contributed by atoms with Gasteiger partial charge < -0.3 is 14.7 Å². The topological polar surface area (TPSA) is 71.3 Å². The number of rotatable bonds is 2. The van der Waals surface area contributed by atoms with Gasteiger partial charge in [0.1, 0.15) is 6.04 Å². The van der Waals surface area contributed by atoms with Gasteiger partial charge in [-0.1, -0.05) is 17.3 Å². The van der Waals surface area contributed by atoms with Gasteiger partial charge in [-0.15, -0.1) is 0 Å². The van der Waals surface area contributed by atoms with Gasteiger partial charge in [0.25, 0.3) is 0 Å². The minimum absolute atomic E-state index is 0.276. The average molecular weight is 340 g/mol. The van der Waals surface area contributed by atoms with Gasteiger partial charge in [0.15, 0.2) is 5.82 Å². The molecule has 6 nitrogen and oxygen atoms in total. The summed E-state index contributed by atoms with van der Waals surface area (Å²) in [4.78, 5) is 18.0. The molecule has 1 N–H and O–H groups in total. The smallest absolute Gasteiger partial charge is 0.337 e. The van der Waals surface area contributed by atoms with Crippen LogP contribution in [0.5, 0.6) is 0 Å². The fourth-order valence-electron chi connectivity index (χ4n) is 2.74. The lowest BCUT2D eigenvalue weighted by Gasteiger charge is -2.23. The average Bonchev–Trinajstić information content (AvgIpc) is 3.15. The van der Waals surface area contributed by atoms with E-state index in [2.05, 4.69) is 15.5 Å². The van der Waals surface area contributed by atoms with Crippen molar-refractivity contribution >= 4 is 11.7 Å². The number of alkyl halides is 3. The van der Waals surface area contributed by atoms with E-state index in [1.807, 2.05) is 0 Å². The lowest BCUT2D eigenvalue weighted by Crippen LogP contribution is -2.35. The van der Waals surface area contributed by atoms with E-state index in [0.29, 0.717) is 31.1 Å². The second-order valence-corrected chi connectivity index (χ2v) is 5.50. The first-order chi connectivity index (χ1) is 11.4. The van der Waals surface area contributed by atoms with E-state index in [-0.39, 0.29) is 5.69 Å². The number of amides is 2. The number of para-hydroxylation sites is 1. The van der Waals surface area contributed by atoms with Crippen molar-refractivity contribution in [1.29, 1.82) is 0 Å². The molecule has 0 unspecified atom stereocenters. The van der Waals surface area contributed by atoms with Crippen molar-refractivity contribution in [2.24, 2.45) is 0 Å². The number of anilines is 1. The van der Waals surface area contributed by atoms with Crippen LogP contribution in [0, 0.1) is 6.92 Å². The Bertz CT molecular complexity index is 744. The highest BCUT2D eigenvalue weighted by Crippen LogP contribution is 2.36. The number of likely N-dealkylation sites (tertiary alicyclic amines) is 1. The van der Waals surface area contributed by atoms with Crippen LogP contribution in [0.25, 0.3) is 0 Å². The molecule has 1 atom stereocenters. The monoisotopic (exact) mass is 340 g/mol. The molecule has 0 aliphatic carbocycles. The van der Waals surface area contributed by atoms with E-state index in [4.69, 9.17) is 4.52 Å². The van der Waals surface area contributed by atoms with Gasteiger partial charge in [0.05, 0.1) is 11.3 Å². The summed E-state index contributed by atoms with van der Waals surface area (Å²) in [5.74, 6) is 0.740. The highest BCUT2D eigenvalue weighted by atomic mass is 19.4. The molecule has 3 rings (SSSR count). The third-order valence-electron chi connectivity index (χ3n) is 3.82. The Morgan fingerprint density at radius 3 is 2.79 bits per heavy atom. The molecule has 0 saturated carbocycles. The van der Waals surface area contributed by atoms with Crippen LogP contribution in [-0.2, 0) is 6.18 Å². The van der Waals surface area contributed by atoms with Crippen LogP contribution in [-0.4, -0.2) is 27.6 Å². The van der Waals surface area contributed by atoms with Crippen LogP contribution in [0.15, 0.2) is 28.8 Å². The summed E-state index contributed by atoms with van der Waals surface area (Å²) in [6, 6.07) is 3.82. The summed E-state index contributed by atoms with van der Waals surface area (Å²) in [6.45, 7) is 2.07. The Balaban J connectivity index is 1.80. The summed E-state index contributed by atoms with van der Waals surface area (Å²) in [7, 11) is 0. The normalized spacial score (nSPS) is 18.0. The quantitative estimate of drug-likeness (QED) is 0.903. The molecule has 1 aromatic carbocycles. The second-order valence-electron chi connectivity index (χ2n) is 5.50. The molecule has 1 aliphatic rings. The van der Waals surface area contributed by atoms with Gasteiger partial charge in [0.2, 0.25) is 5.89 Å². The number of benzene rings is 1. The third-order valence-corrected chi connectivity index (χ3v) is 3.82. The molecule has 1 aromatic heterocycles. The Hall–Kier alpha value is -2.58. The highest BCUT2D eigenvalue weighted by Gasteiger charge is 2.36. The number of carbonyl (C=O) groups excluding carboxylic acids is 1. The zero-order valence-corrected chi connectivity index (χ0v) is 12.8. The number of hydrogen-bond acceptors (Lipinski definition) is 4. The van der Waals surface area contributed by atoms with Gasteiger partial charge >= 0.3 is 12.2 Å². The molecule has 1 fully saturated rings. The first kappa shape index (κ1) is 16.3. The molecule has 1 aliphatic heterocycles. The highest BCUT2D eigenvalue weighted by molar-refractivity contribution is 5.90. The molecule has 2 amide bonds. The molecule has 2 heterocycles. The van der Waals surface area contributed by atoms with E-state index >= 15 is 0 Å². The van der Waals surface area contributed by atoms with Crippen LogP contribution >= 0.6 is 0 Å². The van der Waals surface area contributed by atoms with Crippen LogP contribution in [0.1, 0.15) is 36.2 Å². The molecule has 9 heteroatoms. The maximum atomic E-state index is 13.0. The van der Waals surface area contributed by atoms with E-state index < -0.39 is 23.8 Å². The molecule has 2 aromatic rings. The van der Waals surface area contributed by atoms with Crippen molar-refractivity contribution in [3.05, 3.63) is 41.5 Å². The Labute approximate surface area is 135 Å². The van der Waals surface area contributed by atoms with Gasteiger partial charge in [-0.3, -0.25) is 0 Å². The number of hydrogen-bond donors (Lipinski definition) is 1. The molecular weight excluding hydrogens is 325 g/mol. The standard InChI is InChI=1S/C15H15F3N4O2/c1-9-19-13(24-21-9)12-7-4-8-22(12)14(23)20-11-6-3-2-5-10(11)15(16,17)18/h2-3,5-6,12H,4,7-8H2,1H3,(H,20,23)/t12-/m0/s1. The lowest BCUT2D eigenvalue weighted by atomic mass is 10.1. The molecule has 24 heavy (non-hydrogen) atoms. The number of aromatic nitrogens is 2. The molecular formula is C15H15F3N4O2. The molecule has 1 saturated heterocycles. The van der Waals surface area contributed by atoms with Crippen molar-refractivity contribution < 1.29 is 22.5 Å². The van der Waals surface area contributed by atoms with Gasteiger partial charge in [-0.2, -0.15) is 18.2 Å². The zero-order valence-electron chi connectivity index (χ0n) is 12.8. The molecule has 128 valence electrons. The molecule has 0 bridgehead atoms. The van der Waals surface area contributed by atoms with Crippen molar-refractivity contribution in [2.75, 3.05) is 11.9 Å². The van der Waals surface area contributed by atoms with E-state index in [1.165, 1.54) is 23.1 Å². The van der Waals surface area contributed by atoms with Crippen molar-refractivity contribution in [3.8, 4) is 0 Å². The molecule has 0 spiro atoms. The van der Waals surface area contributed by atoms with Gasteiger partial charge in [0, 0.05) is 6.54 Å². The maximum absolute atomic E-state index is 13.0. The zero-order chi connectivity index (χ0) is 17.3. The Kier molecular flexibility index (Phi) is 4.16. The maximum Gasteiger partial charge on any atom is 0.418 e. The van der Waals surface area contributed by atoms with Crippen LogP contribution in [0.4, 0.5) is 23.7 Å². The number of aryl methyl sites for hydroxylation is 1. The van der Waals surface area contributed by atoms with E-state index in [0.717, 1.165) is 6.07 Å². The van der Waals surface area contributed by atoms with Crippen LogP contribution in [0.3, 0.4) is 0 Å². The summed E-state index contributed by atoms with van der Waals surface area (Å²) in [5.41, 5.74) is -1.16. The number of halogens is 3. The van der Waals surface area contributed by atoms with E-state index in [9.17, 15) is 18.0 Å². The Morgan fingerprint density at radius 1 is 1.38 bits per heavy atom. The van der Waals surface area contributed by atoms with Gasteiger partial charge in [-0.25, -0.2) is 4.79 Å². The predicted octanol–water partition coefficient (Wildman–Crippen LogP) is 3.77. The van der Waals surface area contributed by atoms with E-state index in [1.54, 1.807) is 6.92 Å². The Morgan fingerprint density at radius 2 is 2.12 bits per heavy atom. The van der Waals surface area contributed by atoms with Crippen molar-refractivity contribution in [3.63, 3.8) is 0 Å². The largest absolute Gasteiger partial charge is 0.418 e. The number of urea groups is 1.